The van der Waals surface area contributed by atoms with Crippen LogP contribution in [0.5, 0.6) is 17.4 Å². The smallest absolute Gasteiger partial charge is 0.245 e. The molecule has 0 aliphatic carbocycles. The third-order valence-corrected chi connectivity index (χ3v) is 2.95. The second-order valence-electron chi connectivity index (χ2n) is 4.59. The molecule has 6 heteroatoms. The number of benzene rings is 2. The first-order chi connectivity index (χ1) is 10.7. The van der Waals surface area contributed by atoms with Crippen LogP contribution in [0.2, 0.25) is 0 Å². The van der Waals surface area contributed by atoms with E-state index in [2.05, 4.69) is 15.3 Å². The normalized spacial score (nSPS) is 11.0. The molecule has 2 aromatic carbocycles. The van der Waals surface area contributed by atoms with Gasteiger partial charge in [0.05, 0.1) is 11.9 Å². The molecule has 0 unspecified atom stereocenters. The first-order valence-corrected chi connectivity index (χ1v) is 6.68. The maximum absolute atomic E-state index is 9.25. The number of azo groups is 1. The van der Waals surface area contributed by atoms with Gasteiger partial charge in [0.2, 0.25) is 5.88 Å². The number of nitrogens with zero attached hydrogens (tertiary/aromatic N) is 4. The molecule has 0 aliphatic rings. The van der Waals surface area contributed by atoms with E-state index in [0.29, 0.717) is 23.0 Å². The number of para-hydroxylation sites is 1. The van der Waals surface area contributed by atoms with Gasteiger partial charge in [0.15, 0.2) is 5.69 Å². The van der Waals surface area contributed by atoms with Gasteiger partial charge in [-0.25, -0.2) is 4.68 Å². The van der Waals surface area contributed by atoms with Crippen molar-refractivity contribution >= 4 is 11.4 Å². The molecule has 0 atom stereocenters. The molecule has 0 radical (unpaired) electrons. The van der Waals surface area contributed by atoms with Crippen LogP contribution in [0.3, 0.4) is 0 Å². The van der Waals surface area contributed by atoms with Crippen molar-refractivity contribution in [3.8, 4) is 17.4 Å². The van der Waals surface area contributed by atoms with Gasteiger partial charge in [-0.3, -0.25) is 0 Å². The van der Waals surface area contributed by atoms with Gasteiger partial charge >= 0.3 is 0 Å². The molecule has 110 valence electrons. The van der Waals surface area contributed by atoms with E-state index < -0.39 is 0 Å². The molecule has 1 heterocycles. The number of hydrogen-bond donors (Lipinski definition) is 1. The summed E-state index contributed by atoms with van der Waals surface area (Å²) in [6.45, 7) is 0. The maximum Gasteiger partial charge on any atom is 0.245 e. The highest BCUT2D eigenvalue weighted by atomic mass is 16.5. The highest BCUT2D eigenvalue weighted by Gasteiger charge is 2.10. The van der Waals surface area contributed by atoms with Crippen LogP contribution in [0.4, 0.5) is 11.4 Å². The van der Waals surface area contributed by atoms with Gasteiger partial charge < -0.3 is 9.84 Å². The van der Waals surface area contributed by atoms with Crippen molar-refractivity contribution in [1.82, 2.24) is 9.78 Å². The predicted molar refractivity (Wildman–Crippen MR) is 82.0 cm³/mol. The zero-order valence-corrected chi connectivity index (χ0v) is 11.9. The van der Waals surface area contributed by atoms with Crippen LogP contribution in [0.25, 0.3) is 0 Å². The Hall–Kier alpha value is -3.15. The Kier molecular flexibility index (Phi) is 3.82. The molecule has 6 nitrogen and oxygen atoms in total. The van der Waals surface area contributed by atoms with Gasteiger partial charge in [0.1, 0.15) is 11.5 Å². The van der Waals surface area contributed by atoms with Crippen LogP contribution < -0.4 is 4.74 Å². The molecule has 0 bridgehead atoms. The Morgan fingerprint density at radius 2 is 1.73 bits per heavy atom. The van der Waals surface area contributed by atoms with Gasteiger partial charge in [0.25, 0.3) is 0 Å². The minimum atomic E-state index is 0.188. The summed E-state index contributed by atoms with van der Waals surface area (Å²) < 4.78 is 7.39. The molecule has 0 fully saturated rings. The van der Waals surface area contributed by atoms with E-state index in [-0.39, 0.29) is 5.75 Å². The lowest BCUT2D eigenvalue weighted by Crippen LogP contribution is -1.94. The summed E-state index contributed by atoms with van der Waals surface area (Å²) in [5, 5.41) is 21.7. The zero-order valence-electron chi connectivity index (χ0n) is 11.9. The van der Waals surface area contributed by atoms with Crippen LogP contribution in [0.15, 0.2) is 71.0 Å². The first-order valence-electron chi connectivity index (χ1n) is 6.68. The topological polar surface area (TPSA) is 72.0 Å². The molecule has 0 saturated carbocycles. The van der Waals surface area contributed by atoms with E-state index in [1.807, 2.05) is 30.3 Å². The zero-order chi connectivity index (χ0) is 15.4. The Morgan fingerprint density at radius 1 is 1.00 bits per heavy atom. The van der Waals surface area contributed by atoms with E-state index >= 15 is 0 Å². The number of aromatic nitrogens is 2. The predicted octanol–water partition coefficient (Wildman–Crippen LogP) is 4.33. The maximum atomic E-state index is 9.25. The molecular formula is C16H14N4O2. The number of rotatable bonds is 4. The molecular weight excluding hydrogens is 280 g/mol. The molecule has 1 aromatic heterocycles. The molecule has 0 aliphatic heterocycles. The summed E-state index contributed by atoms with van der Waals surface area (Å²) in [7, 11) is 1.78. The molecule has 0 amide bonds. The van der Waals surface area contributed by atoms with Crippen LogP contribution >= 0.6 is 0 Å². The van der Waals surface area contributed by atoms with E-state index in [9.17, 15) is 5.11 Å². The third-order valence-electron chi connectivity index (χ3n) is 2.95. The van der Waals surface area contributed by atoms with E-state index in [1.54, 1.807) is 42.2 Å². The van der Waals surface area contributed by atoms with Crippen LogP contribution in [-0.2, 0) is 7.05 Å². The van der Waals surface area contributed by atoms with Crippen molar-refractivity contribution < 1.29 is 9.84 Å². The molecule has 3 rings (SSSR count). The summed E-state index contributed by atoms with van der Waals surface area (Å²) in [5.74, 6) is 1.40. The van der Waals surface area contributed by atoms with Gasteiger partial charge in [-0.1, -0.05) is 18.2 Å². The van der Waals surface area contributed by atoms with Crippen molar-refractivity contribution in [2.75, 3.05) is 0 Å². The summed E-state index contributed by atoms with van der Waals surface area (Å²) in [4.78, 5) is 0. The number of aromatic hydroxyl groups is 1. The van der Waals surface area contributed by atoms with Gasteiger partial charge in [-0.2, -0.15) is 10.2 Å². The van der Waals surface area contributed by atoms with Crippen molar-refractivity contribution in [3.63, 3.8) is 0 Å². The highest BCUT2D eigenvalue weighted by Crippen LogP contribution is 2.32. The van der Waals surface area contributed by atoms with Crippen molar-refractivity contribution in [2.24, 2.45) is 17.3 Å². The van der Waals surface area contributed by atoms with E-state index in [4.69, 9.17) is 4.74 Å². The fourth-order valence-corrected chi connectivity index (χ4v) is 1.83. The minimum absolute atomic E-state index is 0.188. The molecule has 22 heavy (non-hydrogen) atoms. The second kappa shape index (κ2) is 6.09. The SMILES string of the molecule is Cn1ncc(N=Nc2ccc(O)cc2)c1Oc1ccccc1. The average Bonchev–Trinajstić information content (AvgIpc) is 2.88. The number of hydrogen-bond acceptors (Lipinski definition) is 5. The number of aryl methyl sites for hydroxylation is 1. The Morgan fingerprint density at radius 3 is 2.45 bits per heavy atom. The number of phenolic OH excluding ortho intramolecular Hbond substituents is 1. The van der Waals surface area contributed by atoms with Crippen LogP contribution in [-0.4, -0.2) is 14.9 Å². The summed E-state index contributed by atoms with van der Waals surface area (Å²) >= 11 is 0. The molecule has 3 aromatic rings. The quantitative estimate of drug-likeness (QED) is 0.728. The Balaban J connectivity index is 1.84. The second-order valence-corrected chi connectivity index (χ2v) is 4.59. The average molecular weight is 294 g/mol. The summed E-state index contributed by atoms with van der Waals surface area (Å²) in [5.41, 5.74) is 1.16. The van der Waals surface area contributed by atoms with E-state index in [1.165, 1.54) is 0 Å². The standard InChI is InChI=1S/C16H14N4O2/c1-20-16(22-14-5-3-2-4-6-14)15(11-17-20)19-18-12-7-9-13(21)10-8-12/h2-11,21H,1H3. The first kappa shape index (κ1) is 13.8. The lowest BCUT2D eigenvalue weighted by molar-refractivity contribution is 0.431. The lowest BCUT2D eigenvalue weighted by Gasteiger charge is -2.05. The van der Waals surface area contributed by atoms with Gasteiger partial charge in [0, 0.05) is 7.05 Å². The summed E-state index contributed by atoms with van der Waals surface area (Å²) in [6.07, 6.45) is 1.59. The molecule has 0 saturated heterocycles. The molecule has 0 spiro atoms. The Bertz CT molecular complexity index is 780. The van der Waals surface area contributed by atoms with Crippen LogP contribution in [0, 0.1) is 0 Å². The third kappa shape index (κ3) is 3.12. The van der Waals surface area contributed by atoms with Crippen LogP contribution in [0.1, 0.15) is 0 Å². The minimum Gasteiger partial charge on any atom is -0.508 e. The van der Waals surface area contributed by atoms with Crippen molar-refractivity contribution in [1.29, 1.82) is 0 Å². The van der Waals surface area contributed by atoms with Crippen molar-refractivity contribution in [2.45, 2.75) is 0 Å². The fourth-order valence-electron chi connectivity index (χ4n) is 1.83. The van der Waals surface area contributed by atoms with Gasteiger partial charge in [-0.15, -0.1) is 5.11 Å². The van der Waals surface area contributed by atoms with Crippen molar-refractivity contribution in [3.05, 3.63) is 60.8 Å². The fraction of sp³-hybridized carbons (Fsp3) is 0.0625. The number of ether oxygens (including phenoxy) is 1. The Labute approximate surface area is 127 Å². The number of phenols is 1. The summed E-state index contributed by atoms with van der Waals surface area (Å²) in [6, 6.07) is 15.9. The lowest BCUT2D eigenvalue weighted by atomic mass is 10.3. The van der Waals surface area contributed by atoms with Gasteiger partial charge in [-0.05, 0) is 36.4 Å². The molecule has 1 N–H and O–H groups in total. The largest absolute Gasteiger partial charge is 0.508 e. The van der Waals surface area contributed by atoms with E-state index in [0.717, 1.165) is 0 Å². The highest BCUT2D eigenvalue weighted by molar-refractivity contribution is 5.48. The monoisotopic (exact) mass is 294 g/mol.